The number of carbonyl (C=O) groups excluding carboxylic acids is 1. The van der Waals surface area contributed by atoms with Gasteiger partial charge in [0, 0.05) is 49.7 Å². The molecule has 0 amide bonds. The van der Waals surface area contributed by atoms with Crippen molar-refractivity contribution in [1.82, 2.24) is 0 Å². The first kappa shape index (κ1) is 24.0. The van der Waals surface area contributed by atoms with Crippen LogP contribution in [0.1, 0.15) is 19.8 Å². The van der Waals surface area contributed by atoms with Crippen LogP contribution in [0.2, 0.25) is 0 Å². The lowest BCUT2D eigenvalue weighted by Gasteiger charge is -2.05. The third kappa shape index (κ3) is 19.2. The largest absolute Gasteiger partial charge is 0.465 e. The van der Waals surface area contributed by atoms with Crippen LogP contribution in [0.15, 0.2) is 0 Å². The lowest BCUT2D eigenvalue weighted by Crippen LogP contribution is -2.08. The molecule has 0 saturated carbocycles. The lowest BCUT2D eigenvalue weighted by atomic mass is 10.5. The van der Waals surface area contributed by atoms with E-state index in [1.807, 2.05) is 30.4 Å². The van der Waals surface area contributed by atoms with Gasteiger partial charge in [0.2, 0.25) is 0 Å². The minimum absolute atomic E-state index is 0.134. The quantitative estimate of drug-likeness (QED) is 0.219. The van der Waals surface area contributed by atoms with Gasteiger partial charge in [0.15, 0.2) is 0 Å². The maximum Gasteiger partial charge on any atom is 0.306 e. The minimum atomic E-state index is -0.628. The van der Waals surface area contributed by atoms with E-state index in [0.29, 0.717) is 18.8 Å². The second kappa shape index (κ2) is 19.3. The molecule has 138 valence electrons. The van der Waals surface area contributed by atoms with Crippen LogP contribution in [-0.2, 0) is 20.3 Å². The second-order valence-electron chi connectivity index (χ2n) is 4.35. The van der Waals surface area contributed by atoms with Crippen LogP contribution in [0, 0.1) is 0 Å². The Kier molecular flexibility index (Phi) is 20.1. The van der Waals surface area contributed by atoms with E-state index < -0.39 is 10.8 Å². The summed E-state index contributed by atoms with van der Waals surface area (Å²) in [5, 5.41) is 10.7. The van der Waals surface area contributed by atoms with Gasteiger partial charge in [-0.05, 0) is 12.2 Å². The van der Waals surface area contributed by atoms with Crippen LogP contribution >= 0.6 is 47.0 Å². The van der Waals surface area contributed by atoms with Crippen LogP contribution in [0.25, 0.3) is 0 Å². The van der Waals surface area contributed by atoms with Crippen molar-refractivity contribution in [2.45, 2.75) is 19.8 Å². The smallest absolute Gasteiger partial charge is 0.306 e. The van der Waals surface area contributed by atoms with Gasteiger partial charge < -0.3 is 9.84 Å². The van der Waals surface area contributed by atoms with Crippen LogP contribution in [0.3, 0.4) is 0 Å². The average Bonchev–Trinajstić information content (AvgIpc) is 2.56. The molecule has 1 N–H and O–H groups in total. The fourth-order valence-corrected chi connectivity index (χ4v) is 6.25. The van der Waals surface area contributed by atoms with Crippen LogP contribution < -0.4 is 0 Å². The zero-order valence-corrected chi connectivity index (χ0v) is 17.8. The van der Waals surface area contributed by atoms with Crippen LogP contribution in [0.5, 0.6) is 0 Å². The van der Waals surface area contributed by atoms with Crippen molar-refractivity contribution in [2.24, 2.45) is 0 Å². The predicted molar refractivity (Wildman–Crippen MR) is 110 cm³/mol. The fourth-order valence-electron chi connectivity index (χ4n) is 1.34. The maximum atomic E-state index is 11.4. The lowest BCUT2D eigenvalue weighted by molar-refractivity contribution is -0.142. The Morgan fingerprint density at radius 2 is 1.78 bits per heavy atom. The zero-order chi connectivity index (χ0) is 17.2. The van der Waals surface area contributed by atoms with Crippen LogP contribution in [-0.4, -0.2) is 73.2 Å². The molecule has 0 fully saturated rings. The zero-order valence-electron chi connectivity index (χ0n) is 13.7. The Morgan fingerprint density at radius 1 is 1.04 bits per heavy atom. The third-order valence-electron chi connectivity index (χ3n) is 2.49. The number of ether oxygens (including phenoxy) is 1. The fraction of sp³-hybridized carbons (Fsp3) is 0.929. The van der Waals surface area contributed by atoms with E-state index in [1.54, 1.807) is 23.5 Å². The van der Waals surface area contributed by atoms with Crippen molar-refractivity contribution < 1.29 is 18.8 Å². The van der Waals surface area contributed by atoms with Crippen molar-refractivity contribution in [3.05, 3.63) is 0 Å². The highest BCUT2D eigenvalue weighted by molar-refractivity contribution is 8.22. The topological polar surface area (TPSA) is 63.6 Å². The second-order valence-corrected chi connectivity index (χ2v) is 11.4. The highest BCUT2D eigenvalue weighted by atomic mass is 32.2. The van der Waals surface area contributed by atoms with Gasteiger partial charge in [0.25, 0.3) is 0 Å². The predicted octanol–water partition coefficient (Wildman–Crippen LogP) is 2.92. The molecule has 0 heterocycles. The van der Waals surface area contributed by atoms with Gasteiger partial charge in [-0.25, -0.2) is 0 Å². The van der Waals surface area contributed by atoms with Crippen molar-refractivity contribution >= 4 is 63.8 Å². The van der Waals surface area contributed by atoms with Gasteiger partial charge in [0.05, 0.1) is 13.0 Å². The summed E-state index contributed by atoms with van der Waals surface area (Å²) in [4.78, 5) is 11.4. The monoisotopic (exact) mass is 420 g/mol. The summed E-state index contributed by atoms with van der Waals surface area (Å²) in [6.07, 6.45) is 1.49. The van der Waals surface area contributed by atoms with Crippen molar-refractivity contribution in [3.8, 4) is 0 Å². The molecule has 1 unspecified atom stereocenters. The molecule has 0 saturated heterocycles. The molecule has 9 heteroatoms. The highest BCUT2D eigenvalue weighted by Gasteiger charge is 2.03. The normalized spacial score (nSPS) is 12.3. The first-order chi connectivity index (χ1) is 11.2. The minimum Gasteiger partial charge on any atom is -0.465 e. The van der Waals surface area contributed by atoms with Gasteiger partial charge in [-0.15, -0.1) is 11.8 Å². The standard InChI is InChI=1S/C14H28O4S5/c1-2-23(17)11-3-7-20-12-22-13-21-8-4-14(16)18-6-10-19-9-5-15/h15H,2-13H2,1H3. The Balaban J connectivity index is 3.17. The number of esters is 1. The summed E-state index contributed by atoms with van der Waals surface area (Å²) >= 11 is 7.11. The Hall–Kier alpha value is 0.980. The van der Waals surface area contributed by atoms with Crippen molar-refractivity contribution in [2.75, 3.05) is 57.9 Å². The summed E-state index contributed by atoms with van der Waals surface area (Å²) in [6.45, 7) is 2.56. The number of hydrogen-bond acceptors (Lipinski definition) is 8. The molecule has 0 radical (unpaired) electrons. The number of hydrogen-bond donors (Lipinski definition) is 1. The van der Waals surface area contributed by atoms with Crippen molar-refractivity contribution in [3.63, 3.8) is 0 Å². The number of carbonyl (C=O) groups is 1. The van der Waals surface area contributed by atoms with E-state index in [4.69, 9.17) is 9.84 Å². The van der Waals surface area contributed by atoms with Gasteiger partial charge in [0.1, 0.15) is 6.61 Å². The Bertz CT molecular complexity index is 305. The summed E-state index contributed by atoms with van der Waals surface area (Å²) in [5.41, 5.74) is 0. The van der Waals surface area contributed by atoms with Crippen LogP contribution in [0.4, 0.5) is 0 Å². The molecule has 0 aromatic heterocycles. The average molecular weight is 421 g/mol. The van der Waals surface area contributed by atoms with E-state index in [-0.39, 0.29) is 12.6 Å². The maximum absolute atomic E-state index is 11.4. The Labute approximate surface area is 159 Å². The van der Waals surface area contributed by atoms with E-state index in [1.165, 1.54) is 0 Å². The molecule has 0 bridgehead atoms. The van der Waals surface area contributed by atoms with E-state index >= 15 is 0 Å². The molecule has 23 heavy (non-hydrogen) atoms. The molecular formula is C14H28O4S5. The van der Waals surface area contributed by atoms with Gasteiger partial charge in [-0.2, -0.15) is 35.3 Å². The molecule has 0 aliphatic carbocycles. The molecule has 0 spiro atoms. The van der Waals surface area contributed by atoms with E-state index in [0.717, 1.165) is 45.4 Å². The van der Waals surface area contributed by atoms with Gasteiger partial charge >= 0.3 is 5.97 Å². The molecule has 0 aliphatic rings. The molecule has 0 aliphatic heterocycles. The summed E-state index contributed by atoms with van der Waals surface area (Å²) in [5.74, 6) is 4.77. The third-order valence-corrected chi connectivity index (χ3v) is 8.54. The van der Waals surface area contributed by atoms with E-state index in [2.05, 4.69) is 0 Å². The summed E-state index contributed by atoms with van der Waals surface area (Å²) in [7, 11) is -0.628. The first-order valence-corrected chi connectivity index (χ1v) is 13.7. The number of aliphatic hydroxyl groups excluding tert-OH is 1. The highest BCUT2D eigenvalue weighted by Crippen LogP contribution is 2.19. The molecule has 1 atom stereocenters. The van der Waals surface area contributed by atoms with E-state index in [9.17, 15) is 9.00 Å². The number of rotatable bonds is 17. The molecule has 0 rings (SSSR count). The molecule has 0 aromatic carbocycles. The molecular weight excluding hydrogens is 392 g/mol. The van der Waals surface area contributed by atoms with Gasteiger partial charge in [-0.3, -0.25) is 9.00 Å². The Morgan fingerprint density at radius 3 is 2.48 bits per heavy atom. The SMILES string of the molecule is CCS(=O)CCCSCSCSCCC(=O)OCCSCCO. The molecule has 4 nitrogen and oxygen atoms in total. The number of thioether (sulfide) groups is 4. The summed E-state index contributed by atoms with van der Waals surface area (Å²) in [6, 6.07) is 0. The summed E-state index contributed by atoms with van der Waals surface area (Å²) < 4.78 is 16.3. The first-order valence-electron chi connectivity index (χ1n) is 7.63. The van der Waals surface area contributed by atoms with Crippen molar-refractivity contribution in [1.29, 1.82) is 0 Å². The van der Waals surface area contributed by atoms with Gasteiger partial charge in [-0.1, -0.05) is 6.92 Å². The number of aliphatic hydroxyl groups is 1. The molecule has 0 aromatic rings.